The highest BCUT2D eigenvalue weighted by Gasteiger charge is 2.07. The van der Waals surface area contributed by atoms with Crippen molar-refractivity contribution in [1.29, 1.82) is 0 Å². The van der Waals surface area contributed by atoms with E-state index in [4.69, 9.17) is 18.2 Å². The monoisotopic (exact) mass is 169 g/mol. The van der Waals surface area contributed by atoms with Gasteiger partial charge in [0.1, 0.15) is 5.82 Å². The van der Waals surface area contributed by atoms with Gasteiger partial charge in [-0.05, 0) is 12.1 Å². The fraction of sp³-hybridized carbons (Fsp3) is 0.125. The first-order valence-corrected chi connectivity index (χ1v) is 3.39. The van der Waals surface area contributed by atoms with Gasteiger partial charge in [-0.25, -0.2) is 11.0 Å². The first kappa shape index (κ1) is 8.03. The number of hydrogen-bond acceptors (Lipinski definition) is 0. The van der Waals surface area contributed by atoms with E-state index >= 15 is 0 Å². The molecule has 0 N–H and O–H groups in total. The minimum absolute atomic E-state index is 0.00546. The highest BCUT2D eigenvalue weighted by atomic mass is 35.5. The molecule has 1 nitrogen and oxygen atoms in total. The van der Waals surface area contributed by atoms with Crippen molar-refractivity contribution in [2.45, 2.75) is 6.54 Å². The summed E-state index contributed by atoms with van der Waals surface area (Å²) in [7, 11) is 0. The number of hydrogen-bond donors (Lipinski definition) is 0. The topological polar surface area (TPSA) is 4.36 Å². The van der Waals surface area contributed by atoms with E-state index in [1.165, 1.54) is 12.1 Å². The molecule has 1 aromatic carbocycles. The van der Waals surface area contributed by atoms with E-state index < -0.39 is 5.82 Å². The Balaban J connectivity index is 3.12. The normalized spacial score (nSPS) is 9.18. The van der Waals surface area contributed by atoms with Crippen LogP contribution in [0, 0.1) is 12.4 Å². The lowest BCUT2D eigenvalue weighted by Crippen LogP contribution is -1.87. The maximum Gasteiger partial charge on any atom is 0.244 e. The summed E-state index contributed by atoms with van der Waals surface area (Å²) < 4.78 is 12.8. The molecule has 56 valence electrons. The van der Waals surface area contributed by atoms with Crippen LogP contribution in [0.25, 0.3) is 4.85 Å². The predicted octanol–water partition coefficient (Wildman–Crippen LogP) is 2.90. The second-order valence-electron chi connectivity index (χ2n) is 2.02. The molecule has 0 bridgehead atoms. The molecule has 0 atom stereocenters. The highest BCUT2D eigenvalue weighted by Crippen LogP contribution is 2.19. The van der Waals surface area contributed by atoms with Gasteiger partial charge in [-0.15, -0.1) is 0 Å². The van der Waals surface area contributed by atoms with Gasteiger partial charge in [0, 0.05) is 0 Å². The minimum atomic E-state index is -0.409. The van der Waals surface area contributed by atoms with Crippen LogP contribution in [0.15, 0.2) is 18.2 Å². The lowest BCUT2D eigenvalue weighted by molar-refractivity contribution is 0.615. The Morgan fingerprint density at radius 1 is 1.55 bits per heavy atom. The van der Waals surface area contributed by atoms with E-state index in [0.29, 0.717) is 5.02 Å². The molecule has 0 aromatic heterocycles. The van der Waals surface area contributed by atoms with Crippen LogP contribution in [0.2, 0.25) is 5.02 Å². The van der Waals surface area contributed by atoms with Gasteiger partial charge in [0.05, 0.1) is 10.6 Å². The molecule has 0 heterocycles. The summed E-state index contributed by atoms with van der Waals surface area (Å²) in [5.41, 5.74) is 0.282. The molecule has 0 aliphatic rings. The van der Waals surface area contributed by atoms with Gasteiger partial charge in [-0.1, -0.05) is 17.7 Å². The standard InChI is InChI=1S/C8H5ClFN/c1-11-5-6-7(9)3-2-4-8(6)10/h2-4H,5H2. The van der Waals surface area contributed by atoms with Gasteiger partial charge in [0.25, 0.3) is 0 Å². The van der Waals surface area contributed by atoms with E-state index in [2.05, 4.69) is 4.85 Å². The summed E-state index contributed by atoms with van der Waals surface area (Å²) in [6.45, 7) is 6.54. The molecule has 1 aromatic rings. The van der Waals surface area contributed by atoms with Crippen molar-refractivity contribution in [3.05, 3.63) is 46.0 Å². The zero-order valence-electron chi connectivity index (χ0n) is 5.64. The molecule has 0 saturated carbocycles. The molecule has 0 fully saturated rings. The molecular weight excluding hydrogens is 165 g/mol. The van der Waals surface area contributed by atoms with Gasteiger partial charge in [-0.2, -0.15) is 0 Å². The molecule has 3 heteroatoms. The number of nitrogens with zero attached hydrogens (tertiary/aromatic N) is 1. The van der Waals surface area contributed by atoms with E-state index in [-0.39, 0.29) is 12.1 Å². The zero-order valence-corrected chi connectivity index (χ0v) is 6.40. The Kier molecular flexibility index (Phi) is 2.45. The first-order valence-electron chi connectivity index (χ1n) is 3.02. The highest BCUT2D eigenvalue weighted by molar-refractivity contribution is 6.31. The predicted molar refractivity (Wildman–Crippen MR) is 41.7 cm³/mol. The van der Waals surface area contributed by atoms with Gasteiger partial charge in [0.2, 0.25) is 6.54 Å². The van der Waals surface area contributed by atoms with Crippen molar-refractivity contribution < 1.29 is 4.39 Å². The van der Waals surface area contributed by atoms with Crippen LogP contribution in [0.3, 0.4) is 0 Å². The Morgan fingerprint density at radius 2 is 2.27 bits per heavy atom. The van der Waals surface area contributed by atoms with Crippen molar-refractivity contribution in [3.63, 3.8) is 0 Å². The fourth-order valence-electron chi connectivity index (χ4n) is 0.762. The number of rotatable bonds is 1. The maximum absolute atomic E-state index is 12.8. The second kappa shape index (κ2) is 3.36. The van der Waals surface area contributed by atoms with Crippen LogP contribution >= 0.6 is 11.6 Å². The van der Waals surface area contributed by atoms with E-state index in [1.54, 1.807) is 6.07 Å². The largest absolute Gasteiger partial charge is 0.312 e. The third-order valence-corrected chi connectivity index (χ3v) is 1.65. The van der Waals surface area contributed by atoms with Gasteiger partial charge in [0.15, 0.2) is 0 Å². The third kappa shape index (κ3) is 1.69. The SMILES string of the molecule is [C-]#[N+]Cc1c(F)cccc1Cl. The van der Waals surface area contributed by atoms with Gasteiger partial charge < -0.3 is 4.85 Å². The van der Waals surface area contributed by atoms with Crippen LogP contribution in [-0.4, -0.2) is 0 Å². The van der Waals surface area contributed by atoms with Crippen LogP contribution in [0.5, 0.6) is 0 Å². The Bertz CT molecular complexity index is 283. The average Bonchev–Trinajstić information content (AvgIpc) is 1.97. The van der Waals surface area contributed by atoms with Crippen molar-refractivity contribution in [2.24, 2.45) is 0 Å². The van der Waals surface area contributed by atoms with Crippen LogP contribution in [0.4, 0.5) is 4.39 Å². The molecule has 0 radical (unpaired) electrons. The third-order valence-electron chi connectivity index (χ3n) is 1.30. The molecule has 0 aliphatic carbocycles. The number of benzene rings is 1. The Labute approximate surface area is 69.2 Å². The molecule has 11 heavy (non-hydrogen) atoms. The fourth-order valence-corrected chi connectivity index (χ4v) is 0.985. The van der Waals surface area contributed by atoms with Gasteiger partial charge in [-0.3, -0.25) is 0 Å². The maximum atomic E-state index is 12.8. The van der Waals surface area contributed by atoms with E-state index in [9.17, 15) is 4.39 Å². The minimum Gasteiger partial charge on any atom is -0.312 e. The van der Waals surface area contributed by atoms with Crippen LogP contribution in [-0.2, 0) is 6.54 Å². The summed E-state index contributed by atoms with van der Waals surface area (Å²) in [6, 6.07) is 4.39. The lowest BCUT2D eigenvalue weighted by Gasteiger charge is -1.96. The molecular formula is C8H5ClFN. The lowest BCUT2D eigenvalue weighted by atomic mass is 10.2. The Hall–Kier alpha value is -1.07. The average molecular weight is 170 g/mol. The molecule has 0 saturated heterocycles. The quantitative estimate of drug-likeness (QED) is 0.570. The molecule has 0 aliphatic heterocycles. The van der Waals surface area contributed by atoms with Crippen molar-refractivity contribution in [1.82, 2.24) is 0 Å². The summed E-state index contributed by atoms with van der Waals surface area (Å²) in [4.78, 5) is 3.05. The van der Waals surface area contributed by atoms with E-state index in [1.807, 2.05) is 0 Å². The molecule has 0 amide bonds. The molecule has 1 rings (SSSR count). The summed E-state index contributed by atoms with van der Waals surface area (Å²) in [5, 5.41) is 0.320. The molecule has 0 spiro atoms. The van der Waals surface area contributed by atoms with Crippen molar-refractivity contribution >= 4 is 11.6 Å². The zero-order chi connectivity index (χ0) is 8.27. The van der Waals surface area contributed by atoms with Crippen molar-refractivity contribution in [3.8, 4) is 0 Å². The van der Waals surface area contributed by atoms with E-state index in [0.717, 1.165) is 0 Å². The number of halogens is 2. The first-order chi connectivity index (χ1) is 5.25. The summed E-state index contributed by atoms with van der Waals surface area (Å²) in [6.07, 6.45) is 0. The molecule has 0 unspecified atom stereocenters. The summed E-state index contributed by atoms with van der Waals surface area (Å²) in [5.74, 6) is -0.409. The smallest absolute Gasteiger partial charge is 0.244 e. The van der Waals surface area contributed by atoms with Gasteiger partial charge >= 0.3 is 0 Å². The van der Waals surface area contributed by atoms with Crippen LogP contribution < -0.4 is 0 Å². The van der Waals surface area contributed by atoms with Crippen molar-refractivity contribution in [2.75, 3.05) is 0 Å². The van der Waals surface area contributed by atoms with Crippen LogP contribution in [0.1, 0.15) is 5.56 Å². The summed E-state index contributed by atoms with van der Waals surface area (Å²) >= 11 is 5.62. The Morgan fingerprint density at radius 3 is 2.82 bits per heavy atom. The second-order valence-corrected chi connectivity index (χ2v) is 2.42.